The number of hydrogen-bond donors (Lipinski definition) is 1. The van der Waals surface area contributed by atoms with Crippen LogP contribution in [0.15, 0.2) is 42.5 Å². The Labute approximate surface area is 191 Å². The number of carbonyl (C=O) groups excluding carboxylic acids is 1. The molecule has 2 saturated heterocycles. The zero-order valence-corrected chi connectivity index (χ0v) is 19.2. The van der Waals surface area contributed by atoms with E-state index in [0.717, 1.165) is 76.7 Å². The van der Waals surface area contributed by atoms with Gasteiger partial charge in [-0.25, -0.2) is 0 Å². The topological polar surface area (TPSA) is 64.6 Å². The van der Waals surface area contributed by atoms with Gasteiger partial charge in [-0.05, 0) is 63.4 Å². The first-order valence-corrected chi connectivity index (χ1v) is 12.0. The molecule has 172 valence electrons. The van der Waals surface area contributed by atoms with Crippen LogP contribution in [0.25, 0.3) is 0 Å². The average molecular weight is 437 g/mol. The van der Waals surface area contributed by atoms with Crippen LogP contribution in [0.3, 0.4) is 0 Å². The summed E-state index contributed by atoms with van der Waals surface area (Å²) < 4.78 is 0. The summed E-state index contributed by atoms with van der Waals surface area (Å²) in [7, 11) is 2.13. The number of carbonyl (C=O) groups is 1. The van der Waals surface area contributed by atoms with Crippen molar-refractivity contribution in [2.24, 2.45) is 5.92 Å². The Bertz CT molecular complexity index is 829. The highest BCUT2D eigenvalue weighted by Crippen LogP contribution is 2.23. The highest BCUT2D eigenvalue weighted by molar-refractivity contribution is 5.78. The molecule has 1 aromatic carbocycles. The minimum atomic E-state index is 0.102. The van der Waals surface area contributed by atoms with E-state index >= 15 is 0 Å². The Morgan fingerprint density at radius 3 is 2.22 bits per heavy atom. The summed E-state index contributed by atoms with van der Waals surface area (Å²) >= 11 is 0. The number of aromatic nitrogens is 2. The fourth-order valence-electron chi connectivity index (χ4n) is 4.65. The van der Waals surface area contributed by atoms with Crippen molar-refractivity contribution in [3.63, 3.8) is 0 Å². The third kappa shape index (κ3) is 6.19. The van der Waals surface area contributed by atoms with Crippen LogP contribution in [0.4, 0.5) is 11.6 Å². The lowest BCUT2D eigenvalue weighted by Gasteiger charge is -2.32. The smallest absolute Gasteiger partial charge is 0.223 e. The van der Waals surface area contributed by atoms with Crippen LogP contribution >= 0.6 is 0 Å². The molecule has 1 N–H and O–H groups in total. The fraction of sp³-hybridized carbons (Fsp3) is 0.560. The van der Waals surface area contributed by atoms with E-state index in [9.17, 15) is 4.79 Å². The molecular weight excluding hydrogens is 400 g/mol. The minimum absolute atomic E-state index is 0.102. The van der Waals surface area contributed by atoms with E-state index in [2.05, 4.69) is 73.7 Å². The fourth-order valence-corrected chi connectivity index (χ4v) is 4.65. The molecule has 4 rings (SSSR count). The Morgan fingerprint density at radius 2 is 1.59 bits per heavy atom. The Morgan fingerprint density at radius 1 is 0.969 bits per heavy atom. The second kappa shape index (κ2) is 11.3. The van der Waals surface area contributed by atoms with Crippen molar-refractivity contribution in [2.45, 2.75) is 38.6 Å². The molecule has 1 amide bonds. The monoisotopic (exact) mass is 436 g/mol. The lowest BCUT2D eigenvalue weighted by molar-refractivity contribution is -0.125. The summed E-state index contributed by atoms with van der Waals surface area (Å²) in [6.07, 6.45) is 5.18. The molecule has 1 aromatic heterocycles. The molecule has 2 aromatic rings. The third-order valence-corrected chi connectivity index (χ3v) is 6.57. The van der Waals surface area contributed by atoms with E-state index in [1.54, 1.807) is 0 Å². The Kier molecular flexibility index (Phi) is 7.93. The first-order valence-electron chi connectivity index (χ1n) is 12.0. The highest BCUT2D eigenvalue weighted by Gasteiger charge is 2.25. The van der Waals surface area contributed by atoms with E-state index in [0.29, 0.717) is 0 Å². The molecule has 7 heteroatoms. The molecule has 2 aliphatic heterocycles. The van der Waals surface area contributed by atoms with Crippen molar-refractivity contribution in [3.05, 3.63) is 48.0 Å². The van der Waals surface area contributed by atoms with Crippen LogP contribution in [0, 0.1) is 5.92 Å². The lowest BCUT2D eigenvalue weighted by atomic mass is 9.96. The molecule has 0 aliphatic carbocycles. The number of rotatable bonds is 9. The molecule has 7 nitrogen and oxygen atoms in total. The van der Waals surface area contributed by atoms with Gasteiger partial charge in [0, 0.05) is 45.2 Å². The van der Waals surface area contributed by atoms with Crippen molar-refractivity contribution < 1.29 is 4.79 Å². The first kappa shape index (κ1) is 22.5. The van der Waals surface area contributed by atoms with Crippen molar-refractivity contribution in [3.8, 4) is 0 Å². The zero-order chi connectivity index (χ0) is 22.2. The maximum atomic E-state index is 12.6. The summed E-state index contributed by atoms with van der Waals surface area (Å²) in [4.78, 5) is 19.4. The van der Waals surface area contributed by atoms with Crippen LogP contribution < -0.4 is 15.1 Å². The van der Waals surface area contributed by atoms with Crippen molar-refractivity contribution in [1.82, 2.24) is 20.4 Å². The van der Waals surface area contributed by atoms with Crippen molar-refractivity contribution in [2.75, 3.05) is 56.1 Å². The van der Waals surface area contributed by atoms with Crippen molar-refractivity contribution >= 4 is 17.5 Å². The van der Waals surface area contributed by atoms with Gasteiger partial charge in [-0.1, -0.05) is 30.3 Å². The molecular formula is C25H36N6O. The van der Waals surface area contributed by atoms with Crippen LogP contribution in [-0.4, -0.2) is 67.3 Å². The third-order valence-electron chi connectivity index (χ3n) is 6.57. The number of nitrogens with zero attached hydrogens (tertiary/aromatic N) is 5. The van der Waals surface area contributed by atoms with Crippen LogP contribution in [0.2, 0.25) is 0 Å². The van der Waals surface area contributed by atoms with Gasteiger partial charge in [0.25, 0.3) is 0 Å². The van der Waals surface area contributed by atoms with Crippen molar-refractivity contribution in [1.29, 1.82) is 0 Å². The normalized spacial score (nSPS) is 17.2. The summed E-state index contributed by atoms with van der Waals surface area (Å²) in [5, 5.41) is 12.0. The predicted octanol–water partition coefficient (Wildman–Crippen LogP) is 2.93. The summed E-state index contributed by atoms with van der Waals surface area (Å²) in [6, 6.07) is 14.7. The van der Waals surface area contributed by atoms with E-state index in [1.807, 2.05) is 6.07 Å². The van der Waals surface area contributed by atoms with Gasteiger partial charge in [0.1, 0.15) is 0 Å². The second-order valence-electron chi connectivity index (χ2n) is 9.07. The SMILES string of the molecule is CN(CCCNC(=O)C1CCN(c2ccc(N3CCCC3)nn2)CC1)Cc1ccccc1. The van der Waals surface area contributed by atoms with Crippen LogP contribution in [-0.2, 0) is 11.3 Å². The van der Waals surface area contributed by atoms with Gasteiger partial charge in [0.15, 0.2) is 11.6 Å². The number of anilines is 2. The van der Waals surface area contributed by atoms with Gasteiger partial charge >= 0.3 is 0 Å². The van der Waals surface area contributed by atoms with Crippen LogP contribution in [0.5, 0.6) is 0 Å². The van der Waals surface area contributed by atoms with Gasteiger partial charge in [-0.15, -0.1) is 10.2 Å². The standard InChI is InChI=1S/C25H36N6O/c1-29(20-21-8-3-2-4-9-21)15-7-14-26-25(32)22-12-18-31(19-13-22)24-11-10-23(27-28-24)30-16-5-6-17-30/h2-4,8-11,22H,5-7,12-20H2,1H3,(H,26,32). The average Bonchev–Trinajstić information content (AvgIpc) is 3.38. The van der Waals surface area contributed by atoms with Gasteiger partial charge in [0.05, 0.1) is 0 Å². The summed E-state index contributed by atoms with van der Waals surface area (Å²) in [5.41, 5.74) is 1.32. The van der Waals surface area contributed by atoms with Crippen LogP contribution in [0.1, 0.15) is 37.7 Å². The largest absolute Gasteiger partial charge is 0.356 e. The van der Waals surface area contributed by atoms with E-state index in [-0.39, 0.29) is 11.8 Å². The molecule has 3 heterocycles. The zero-order valence-electron chi connectivity index (χ0n) is 19.2. The van der Waals surface area contributed by atoms with E-state index in [1.165, 1.54) is 18.4 Å². The Balaban J connectivity index is 1.13. The predicted molar refractivity (Wildman–Crippen MR) is 129 cm³/mol. The number of hydrogen-bond acceptors (Lipinski definition) is 6. The van der Waals surface area contributed by atoms with Gasteiger partial charge in [-0.2, -0.15) is 0 Å². The second-order valence-corrected chi connectivity index (χ2v) is 9.07. The molecule has 0 bridgehead atoms. The molecule has 2 aliphatic rings. The number of amides is 1. The molecule has 2 fully saturated rings. The maximum Gasteiger partial charge on any atom is 0.223 e. The summed E-state index contributed by atoms with van der Waals surface area (Å²) in [5.74, 6) is 2.21. The number of nitrogens with one attached hydrogen (secondary N) is 1. The molecule has 0 unspecified atom stereocenters. The molecule has 0 saturated carbocycles. The molecule has 0 radical (unpaired) electrons. The van der Waals surface area contributed by atoms with E-state index in [4.69, 9.17) is 0 Å². The van der Waals surface area contributed by atoms with Gasteiger partial charge < -0.3 is 20.0 Å². The number of piperidine rings is 1. The number of benzene rings is 1. The van der Waals surface area contributed by atoms with Gasteiger partial charge in [-0.3, -0.25) is 4.79 Å². The quantitative estimate of drug-likeness (QED) is 0.610. The highest BCUT2D eigenvalue weighted by atomic mass is 16.1. The Hall–Kier alpha value is -2.67. The molecule has 0 spiro atoms. The molecule has 32 heavy (non-hydrogen) atoms. The molecule has 0 atom stereocenters. The summed E-state index contributed by atoms with van der Waals surface area (Å²) in [6.45, 7) is 6.53. The van der Waals surface area contributed by atoms with E-state index < -0.39 is 0 Å². The van der Waals surface area contributed by atoms with Gasteiger partial charge in [0.2, 0.25) is 5.91 Å². The maximum absolute atomic E-state index is 12.6. The lowest BCUT2D eigenvalue weighted by Crippen LogP contribution is -2.41. The minimum Gasteiger partial charge on any atom is -0.356 e. The first-order chi connectivity index (χ1) is 15.7.